The molecule has 0 aliphatic carbocycles. The normalized spacial score (nSPS) is 24.6. The number of fused-ring (bicyclic) bond motifs is 1. The topological polar surface area (TPSA) is 100 Å². The largest absolute Gasteiger partial charge is 0.389 e. The van der Waals surface area contributed by atoms with Crippen LogP contribution in [0.4, 0.5) is 19.3 Å². The van der Waals surface area contributed by atoms with Gasteiger partial charge in [-0.1, -0.05) is 24.3 Å². The van der Waals surface area contributed by atoms with Crippen LogP contribution in [0.2, 0.25) is 0 Å². The van der Waals surface area contributed by atoms with Crippen molar-refractivity contribution in [2.45, 2.75) is 50.2 Å². The van der Waals surface area contributed by atoms with Crippen molar-refractivity contribution in [2.75, 3.05) is 25.1 Å². The van der Waals surface area contributed by atoms with Crippen LogP contribution in [0.25, 0.3) is 0 Å². The van der Waals surface area contributed by atoms with Crippen molar-refractivity contribution in [3.63, 3.8) is 0 Å². The van der Waals surface area contributed by atoms with Gasteiger partial charge in [0.2, 0.25) is 5.91 Å². The van der Waals surface area contributed by atoms with Crippen molar-refractivity contribution in [3.8, 4) is 0 Å². The highest BCUT2D eigenvalue weighted by Gasteiger charge is 2.40. The number of aliphatic hydroxyl groups excluding tert-OH is 1. The first-order valence-electron chi connectivity index (χ1n) is 11.6. The third-order valence-electron chi connectivity index (χ3n) is 6.16. The summed E-state index contributed by atoms with van der Waals surface area (Å²) in [5.41, 5.74) is 0.706. The zero-order valence-electron chi connectivity index (χ0n) is 19.2. The molecule has 2 saturated heterocycles. The van der Waals surface area contributed by atoms with E-state index >= 15 is 0 Å². The molecule has 0 radical (unpaired) electrons. The molecule has 2 aromatic rings. The average Bonchev–Trinajstić information content (AvgIpc) is 2.81. The van der Waals surface area contributed by atoms with Gasteiger partial charge in [-0.15, -0.1) is 0 Å². The second-order valence-corrected chi connectivity index (χ2v) is 8.80. The van der Waals surface area contributed by atoms with E-state index in [9.17, 15) is 23.5 Å². The summed E-state index contributed by atoms with van der Waals surface area (Å²) in [6, 6.07) is 10.9. The molecule has 2 aliphatic heterocycles. The lowest BCUT2D eigenvalue weighted by Gasteiger charge is -2.44. The Labute approximate surface area is 202 Å². The summed E-state index contributed by atoms with van der Waals surface area (Å²) in [7, 11) is 0. The summed E-state index contributed by atoms with van der Waals surface area (Å²) in [5, 5.41) is 15.6. The molecular weight excluding hydrogens is 460 g/mol. The summed E-state index contributed by atoms with van der Waals surface area (Å²) in [5.74, 6) is -1.12. The van der Waals surface area contributed by atoms with E-state index in [-0.39, 0.29) is 44.4 Å². The number of β-amino-alcohol motifs (C(OH)–C–C–N with tert-alkyl or cyclic N) is 1. The molecule has 35 heavy (non-hydrogen) atoms. The number of amides is 3. The zero-order chi connectivity index (χ0) is 24.8. The number of hydrogen-bond donors (Lipinski definition) is 3. The van der Waals surface area contributed by atoms with E-state index in [4.69, 9.17) is 9.47 Å². The third kappa shape index (κ3) is 6.74. The predicted octanol–water partition coefficient (Wildman–Crippen LogP) is 2.81. The first-order valence-corrected chi connectivity index (χ1v) is 11.6. The van der Waals surface area contributed by atoms with E-state index in [1.54, 1.807) is 24.3 Å². The molecule has 4 rings (SSSR count). The van der Waals surface area contributed by atoms with Crippen LogP contribution in [-0.2, 0) is 20.8 Å². The van der Waals surface area contributed by atoms with E-state index in [2.05, 4.69) is 10.6 Å². The molecule has 8 nitrogen and oxygen atoms in total. The Morgan fingerprint density at radius 2 is 1.91 bits per heavy atom. The minimum Gasteiger partial charge on any atom is -0.389 e. The van der Waals surface area contributed by atoms with Crippen molar-refractivity contribution in [3.05, 3.63) is 65.7 Å². The van der Waals surface area contributed by atoms with Gasteiger partial charge in [-0.2, -0.15) is 0 Å². The van der Waals surface area contributed by atoms with E-state index in [0.29, 0.717) is 24.1 Å². The molecule has 2 aliphatic rings. The van der Waals surface area contributed by atoms with Crippen LogP contribution in [0, 0.1) is 11.6 Å². The fourth-order valence-corrected chi connectivity index (χ4v) is 4.45. The molecule has 3 N–H and O–H groups in total. The van der Waals surface area contributed by atoms with Crippen LogP contribution in [0.15, 0.2) is 48.5 Å². The van der Waals surface area contributed by atoms with Gasteiger partial charge in [0.05, 0.1) is 44.4 Å². The number of nitrogens with zero attached hydrogens (tertiary/aromatic N) is 1. The van der Waals surface area contributed by atoms with Gasteiger partial charge in [0.25, 0.3) is 0 Å². The number of ether oxygens (including phenoxy) is 2. The van der Waals surface area contributed by atoms with Gasteiger partial charge in [-0.3, -0.25) is 4.79 Å². The highest BCUT2D eigenvalue weighted by molar-refractivity contribution is 5.89. The van der Waals surface area contributed by atoms with Gasteiger partial charge in [0.15, 0.2) is 0 Å². The molecule has 0 aromatic heterocycles. The standard InChI is InChI=1S/C25H29F2N3O5/c26-17-5-3-6-18(10-17)29-25(33)30-13-19(31)14-34-15-23-22(30)9-8-20(35-23)11-24(32)28-12-16-4-1-2-7-21(16)27/h1-7,10,19-20,22-23,31H,8-9,11-15H2,(H,28,32)(H,29,33)/t19-,20+,22+,23-/m0/s1. The number of carbonyl (C=O) groups is 2. The second-order valence-electron chi connectivity index (χ2n) is 8.80. The molecule has 4 atom stereocenters. The van der Waals surface area contributed by atoms with Crippen LogP contribution in [0.1, 0.15) is 24.8 Å². The number of hydrogen-bond acceptors (Lipinski definition) is 5. The van der Waals surface area contributed by atoms with E-state index < -0.39 is 36.2 Å². The number of rotatable bonds is 5. The highest BCUT2D eigenvalue weighted by atomic mass is 19.1. The Morgan fingerprint density at radius 1 is 1.09 bits per heavy atom. The lowest BCUT2D eigenvalue weighted by Crippen LogP contribution is -2.58. The number of urea groups is 1. The van der Waals surface area contributed by atoms with E-state index in [1.807, 2.05) is 0 Å². The van der Waals surface area contributed by atoms with Gasteiger partial charge in [-0.25, -0.2) is 13.6 Å². The lowest BCUT2D eigenvalue weighted by molar-refractivity contribution is -0.149. The minimum atomic E-state index is -0.879. The van der Waals surface area contributed by atoms with E-state index in [0.717, 1.165) is 0 Å². The molecule has 2 aromatic carbocycles. The Kier molecular flexibility index (Phi) is 8.27. The second kappa shape index (κ2) is 11.6. The van der Waals surface area contributed by atoms with Gasteiger partial charge < -0.3 is 30.1 Å². The molecule has 0 saturated carbocycles. The quantitative estimate of drug-likeness (QED) is 0.600. The molecule has 0 spiro atoms. The fourth-order valence-electron chi connectivity index (χ4n) is 4.45. The summed E-state index contributed by atoms with van der Waals surface area (Å²) < 4.78 is 39.0. The Bertz CT molecular complexity index is 1040. The Balaban J connectivity index is 1.36. The lowest BCUT2D eigenvalue weighted by atomic mass is 9.95. The van der Waals surface area contributed by atoms with E-state index in [1.165, 1.54) is 29.2 Å². The molecule has 188 valence electrons. The minimum absolute atomic E-state index is 0.0273. The predicted molar refractivity (Wildman–Crippen MR) is 123 cm³/mol. The Morgan fingerprint density at radius 3 is 2.71 bits per heavy atom. The number of benzene rings is 2. The van der Waals surface area contributed by atoms with Crippen molar-refractivity contribution in [2.24, 2.45) is 0 Å². The maximum absolute atomic E-state index is 13.8. The fraction of sp³-hybridized carbons (Fsp3) is 0.440. The first-order chi connectivity index (χ1) is 16.9. The average molecular weight is 490 g/mol. The summed E-state index contributed by atoms with van der Waals surface area (Å²) >= 11 is 0. The summed E-state index contributed by atoms with van der Waals surface area (Å²) in [4.78, 5) is 27.0. The third-order valence-corrected chi connectivity index (χ3v) is 6.16. The smallest absolute Gasteiger partial charge is 0.322 e. The van der Waals surface area contributed by atoms with Gasteiger partial charge in [0.1, 0.15) is 17.7 Å². The monoisotopic (exact) mass is 489 g/mol. The van der Waals surface area contributed by atoms with Crippen LogP contribution >= 0.6 is 0 Å². The molecule has 10 heteroatoms. The van der Waals surface area contributed by atoms with Crippen LogP contribution in [0.5, 0.6) is 0 Å². The number of carbonyl (C=O) groups excluding carboxylic acids is 2. The molecule has 0 bridgehead atoms. The first kappa shape index (κ1) is 25.0. The van der Waals surface area contributed by atoms with Crippen LogP contribution in [-0.4, -0.2) is 66.1 Å². The number of anilines is 1. The molecule has 0 unspecified atom stereocenters. The maximum atomic E-state index is 13.8. The van der Waals surface area contributed by atoms with Gasteiger partial charge >= 0.3 is 6.03 Å². The zero-order valence-corrected chi connectivity index (χ0v) is 19.2. The van der Waals surface area contributed by atoms with Crippen molar-refractivity contribution >= 4 is 17.6 Å². The van der Waals surface area contributed by atoms with Crippen molar-refractivity contribution < 1.29 is 33.0 Å². The number of halogens is 2. The van der Waals surface area contributed by atoms with Crippen molar-refractivity contribution in [1.82, 2.24) is 10.2 Å². The summed E-state index contributed by atoms with van der Waals surface area (Å²) in [6.45, 7) is 0.293. The highest BCUT2D eigenvalue weighted by Crippen LogP contribution is 2.28. The van der Waals surface area contributed by atoms with Gasteiger partial charge in [-0.05, 0) is 37.1 Å². The van der Waals surface area contributed by atoms with Crippen LogP contribution < -0.4 is 10.6 Å². The summed E-state index contributed by atoms with van der Waals surface area (Å²) in [6.07, 6.45) is -0.639. The SMILES string of the molecule is O=C(C[C@H]1CC[C@@H]2[C@H](COC[C@@H](O)CN2C(=O)Nc2cccc(F)c2)O1)NCc1ccccc1F. The number of nitrogens with one attached hydrogen (secondary N) is 2. The Hall–Kier alpha value is -3.08. The number of aliphatic hydroxyl groups is 1. The molecular formula is C25H29F2N3O5. The molecule has 2 fully saturated rings. The molecule has 2 heterocycles. The van der Waals surface area contributed by atoms with Crippen molar-refractivity contribution in [1.29, 1.82) is 0 Å². The molecule has 3 amide bonds. The van der Waals surface area contributed by atoms with Crippen LogP contribution in [0.3, 0.4) is 0 Å². The van der Waals surface area contributed by atoms with Gasteiger partial charge in [0, 0.05) is 17.8 Å². The maximum Gasteiger partial charge on any atom is 0.322 e.